The van der Waals surface area contributed by atoms with Gasteiger partial charge in [-0.1, -0.05) is 31.5 Å². The molecule has 0 spiro atoms. The van der Waals surface area contributed by atoms with Gasteiger partial charge in [0.05, 0.1) is 7.11 Å². The second kappa shape index (κ2) is 6.27. The van der Waals surface area contributed by atoms with Gasteiger partial charge in [-0.05, 0) is 24.5 Å². The lowest BCUT2D eigenvalue weighted by Crippen LogP contribution is -2.45. The molecule has 1 aliphatic heterocycles. The molecule has 2 unspecified atom stereocenters. The van der Waals surface area contributed by atoms with E-state index >= 15 is 0 Å². The van der Waals surface area contributed by atoms with Gasteiger partial charge in [0.1, 0.15) is 17.9 Å². The van der Waals surface area contributed by atoms with Crippen LogP contribution in [0.4, 0.5) is 0 Å². The molecule has 4 nitrogen and oxygen atoms in total. The summed E-state index contributed by atoms with van der Waals surface area (Å²) in [5, 5.41) is 3.26. The summed E-state index contributed by atoms with van der Waals surface area (Å²) in [5.41, 5.74) is 2.49. The molecular formula is C16H23NO3. The standard InChI is InChI=1S/C16H23NO3/c1-10(2)15(16(18)19-4)17-9-13-8-12-7-11(3)5-6-14(12)20-13/h5-7,10,13,15,17H,8-9H2,1-4H3. The van der Waals surface area contributed by atoms with E-state index in [1.807, 2.05) is 19.9 Å². The Morgan fingerprint density at radius 3 is 2.90 bits per heavy atom. The Morgan fingerprint density at radius 1 is 1.50 bits per heavy atom. The first kappa shape index (κ1) is 14.9. The Kier molecular flexibility index (Phi) is 4.65. The maximum atomic E-state index is 11.7. The van der Waals surface area contributed by atoms with E-state index in [0.717, 1.165) is 12.2 Å². The number of carbonyl (C=O) groups excluding carboxylic acids is 1. The molecule has 1 aromatic carbocycles. The van der Waals surface area contributed by atoms with E-state index in [0.29, 0.717) is 6.54 Å². The summed E-state index contributed by atoms with van der Waals surface area (Å²) in [6.45, 7) is 6.73. The summed E-state index contributed by atoms with van der Waals surface area (Å²) in [5.74, 6) is 0.932. The van der Waals surface area contributed by atoms with Crippen molar-refractivity contribution < 1.29 is 14.3 Å². The van der Waals surface area contributed by atoms with Gasteiger partial charge in [-0.2, -0.15) is 0 Å². The number of esters is 1. The van der Waals surface area contributed by atoms with Crippen LogP contribution in [0.2, 0.25) is 0 Å². The van der Waals surface area contributed by atoms with Crippen LogP contribution in [0.25, 0.3) is 0 Å². The Bertz CT molecular complexity index is 485. The van der Waals surface area contributed by atoms with Crippen molar-refractivity contribution in [1.82, 2.24) is 5.32 Å². The van der Waals surface area contributed by atoms with Crippen molar-refractivity contribution in [2.45, 2.75) is 39.3 Å². The van der Waals surface area contributed by atoms with Crippen LogP contribution in [0.15, 0.2) is 18.2 Å². The van der Waals surface area contributed by atoms with Gasteiger partial charge in [0.25, 0.3) is 0 Å². The van der Waals surface area contributed by atoms with Gasteiger partial charge in [-0.3, -0.25) is 4.79 Å². The van der Waals surface area contributed by atoms with Gasteiger partial charge >= 0.3 is 5.97 Å². The minimum atomic E-state index is -0.283. The zero-order chi connectivity index (χ0) is 14.7. The minimum Gasteiger partial charge on any atom is -0.488 e. The lowest BCUT2D eigenvalue weighted by atomic mass is 10.0. The summed E-state index contributed by atoms with van der Waals surface area (Å²) >= 11 is 0. The zero-order valence-corrected chi connectivity index (χ0v) is 12.6. The highest BCUT2D eigenvalue weighted by Gasteiger charge is 2.27. The Balaban J connectivity index is 1.91. The molecule has 1 aromatic rings. The molecule has 0 saturated carbocycles. The maximum absolute atomic E-state index is 11.7. The molecule has 0 aliphatic carbocycles. The average Bonchev–Trinajstić information content (AvgIpc) is 2.79. The number of hydrogen-bond donors (Lipinski definition) is 1. The molecule has 0 bridgehead atoms. The molecule has 0 saturated heterocycles. The fourth-order valence-corrected chi connectivity index (χ4v) is 2.54. The summed E-state index contributed by atoms with van der Waals surface area (Å²) in [4.78, 5) is 11.7. The first-order chi connectivity index (χ1) is 9.51. The summed E-state index contributed by atoms with van der Waals surface area (Å²) < 4.78 is 10.7. The number of methoxy groups -OCH3 is 1. The van der Waals surface area contributed by atoms with Crippen molar-refractivity contribution >= 4 is 5.97 Å². The average molecular weight is 277 g/mol. The van der Waals surface area contributed by atoms with Gasteiger partial charge in [0.15, 0.2) is 0 Å². The normalized spacial score (nSPS) is 18.6. The fraction of sp³-hybridized carbons (Fsp3) is 0.562. The quantitative estimate of drug-likeness (QED) is 0.837. The van der Waals surface area contributed by atoms with Crippen molar-refractivity contribution in [3.8, 4) is 5.75 Å². The molecule has 0 fully saturated rings. The number of carbonyl (C=O) groups is 1. The monoisotopic (exact) mass is 277 g/mol. The maximum Gasteiger partial charge on any atom is 0.323 e. The van der Waals surface area contributed by atoms with Gasteiger partial charge in [-0.15, -0.1) is 0 Å². The van der Waals surface area contributed by atoms with E-state index in [1.165, 1.54) is 18.2 Å². The number of benzene rings is 1. The van der Waals surface area contributed by atoms with Crippen molar-refractivity contribution in [2.24, 2.45) is 5.92 Å². The number of hydrogen-bond acceptors (Lipinski definition) is 4. The van der Waals surface area contributed by atoms with Crippen LogP contribution in [0.1, 0.15) is 25.0 Å². The first-order valence-electron chi connectivity index (χ1n) is 7.08. The molecule has 20 heavy (non-hydrogen) atoms. The van der Waals surface area contributed by atoms with Crippen molar-refractivity contribution in [3.63, 3.8) is 0 Å². The third-order valence-electron chi connectivity index (χ3n) is 3.64. The SMILES string of the molecule is COC(=O)C(NCC1Cc2cc(C)ccc2O1)C(C)C. The summed E-state index contributed by atoms with van der Waals surface area (Å²) in [6.07, 6.45) is 0.966. The second-order valence-electron chi connectivity index (χ2n) is 5.71. The van der Waals surface area contributed by atoms with Crippen molar-refractivity contribution in [3.05, 3.63) is 29.3 Å². The molecule has 0 radical (unpaired) electrons. The van der Waals surface area contributed by atoms with E-state index < -0.39 is 0 Å². The summed E-state index contributed by atoms with van der Waals surface area (Å²) in [7, 11) is 1.42. The zero-order valence-electron chi connectivity index (χ0n) is 12.6. The number of nitrogens with one attached hydrogen (secondary N) is 1. The van der Waals surface area contributed by atoms with Gasteiger partial charge < -0.3 is 14.8 Å². The third kappa shape index (κ3) is 3.31. The van der Waals surface area contributed by atoms with Gasteiger partial charge in [-0.25, -0.2) is 0 Å². The smallest absolute Gasteiger partial charge is 0.323 e. The molecule has 4 heteroatoms. The Labute approximate surface area is 120 Å². The van der Waals surface area contributed by atoms with E-state index in [-0.39, 0.29) is 24.0 Å². The number of rotatable bonds is 5. The largest absolute Gasteiger partial charge is 0.488 e. The van der Waals surface area contributed by atoms with E-state index in [9.17, 15) is 4.79 Å². The molecule has 1 heterocycles. The van der Waals surface area contributed by atoms with E-state index in [1.54, 1.807) is 0 Å². The van der Waals surface area contributed by atoms with Crippen LogP contribution in [-0.2, 0) is 16.0 Å². The van der Waals surface area contributed by atoms with Crippen LogP contribution < -0.4 is 10.1 Å². The molecule has 1 N–H and O–H groups in total. The van der Waals surface area contributed by atoms with Gasteiger partial charge in [0, 0.05) is 13.0 Å². The molecule has 0 aromatic heterocycles. The van der Waals surface area contributed by atoms with Crippen LogP contribution in [0, 0.1) is 12.8 Å². The minimum absolute atomic E-state index is 0.0812. The third-order valence-corrected chi connectivity index (χ3v) is 3.64. The summed E-state index contributed by atoms with van der Waals surface area (Å²) in [6, 6.07) is 5.95. The number of aryl methyl sites for hydroxylation is 1. The highest BCUT2D eigenvalue weighted by molar-refractivity contribution is 5.75. The highest BCUT2D eigenvalue weighted by Crippen LogP contribution is 2.29. The van der Waals surface area contributed by atoms with Crippen molar-refractivity contribution in [2.75, 3.05) is 13.7 Å². The predicted molar refractivity (Wildman–Crippen MR) is 77.9 cm³/mol. The predicted octanol–water partition coefficient (Wildman–Crippen LogP) is 2.09. The second-order valence-corrected chi connectivity index (χ2v) is 5.71. The Hall–Kier alpha value is -1.55. The highest BCUT2D eigenvalue weighted by atomic mass is 16.5. The molecule has 1 aliphatic rings. The molecular weight excluding hydrogens is 254 g/mol. The lowest BCUT2D eigenvalue weighted by molar-refractivity contribution is -0.144. The lowest BCUT2D eigenvalue weighted by Gasteiger charge is -2.21. The number of fused-ring (bicyclic) bond motifs is 1. The van der Waals surface area contributed by atoms with Crippen LogP contribution in [-0.4, -0.2) is 31.8 Å². The molecule has 2 rings (SSSR count). The fourth-order valence-electron chi connectivity index (χ4n) is 2.54. The molecule has 0 amide bonds. The topological polar surface area (TPSA) is 47.6 Å². The van der Waals surface area contributed by atoms with Gasteiger partial charge in [0.2, 0.25) is 0 Å². The molecule has 110 valence electrons. The first-order valence-corrected chi connectivity index (χ1v) is 7.08. The molecule has 2 atom stereocenters. The van der Waals surface area contributed by atoms with E-state index in [2.05, 4.69) is 24.4 Å². The van der Waals surface area contributed by atoms with E-state index in [4.69, 9.17) is 9.47 Å². The van der Waals surface area contributed by atoms with Crippen LogP contribution in [0.5, 0.6) is 5.75 Å². The Morgan fingerprint density at radius 2 is 2.25 bits per heavy atom. The van der Waals surface area contributed by atoms with Crippen LogP contribution >= 0.6 is 0 Å². The van der Waals surface area contributed by atoms with Crippen molar-refractivity contribution in [1.29, 1.82) is 0 Å². The van der Waals surface area contributed by atoms with Crippen LogP contribution in [0.3, 0.4) is 0 Å². The number of ether oxygens (including phenoxy) is 2.